The van der Waals surface area contributed by atoms with Crippen LogP contribution < -0.4 is 4.74 Å². The average Bonchev–Trinajstić information content (AvgIpc) is 2.42. The van der Waals surface area contributed by atoms with Crippen molar-refractivity contribution in [2.24, 2.45) is 0 Å². The number of aromatic nitrogens is 1. The fourth-order valence-corrected chi connectivity index (χ4v) is 2.17. The predicted octanol–water partition coefficient (Wildman–Crippen LogP) is 3.98. The lowest BCUT2D eigenvalue weighted by atomic mass is 9.97. The number of hydrogen-bond donors (Lipinski definition) is 0. The van der Waals surface area contributed by atoms with Gasteiger partial charge in [0.25, 0.3) is 0 Å². The Labute approximate surface area is 117 Å². The summed E-state index contributed by atoms with van der Waals surface area (Å²) in [5.41, 5.74) is 2.93. The van der Waals surface area contributed by atoms with E-state index in [1.807, 2.05) is 38.1 Å². The zero-order valence-electron chi connectivity index (χ0n) is 10.8. The highest BCUT2D eigenvalue weighted by atomic mass is 35.5. The van der Waals surface area contributed by atoms with Crippen LogP contribution in [0.15, 0.2) is 30.5 Å². The van der Waals surface area contributed by atoms with E-state index in [0.29, 0.717) is 12.2 Å². The van der Waals surface area contributed by atoms with Crippen molar-refractivity contribution in [3.8, 4) is 22.9 Å². The minimum atomic E-state index is 0.217. The highest BCUT2D eigenvalue weighted by Crippen LogP contribution is 2.36. The molecule has 2 aromatic rings. The first-order valence-electron chi connectivity index (χ1n) is 5.96. The molecule has 0 atom stereocenters. The van der Waals surface area contributed by atoms with Gasteiger partial charge in [-0.25, -0.2) is 4.98 Å². The Morgan fingerprint density at radius 1 is 1.37 bits per heavy atom. The summed E-state index contributed by atoms with van der Waals surface area (Å²) in [7, 11) is 0. The maximum absolute atomic E-state index is 9.29. The molecule has 0 saturated heterocycles. The Balaban J connectivity index is 2.72. The minimum Gasteiger partial charge on any atom is -0.493 e. The second-order valence-electron chi connectivity index (χ2n) is 4.02. The SMILES string of the molecule is CCOc1ccccc1-c1c(C)cnc(Cl)c1C#N. The summed E-state index contributed by atoms with van der Waals surface area (Å²) in [4.78, 5) is 4.01. The fourth-order valence-electron chi connectivity index (χ4n) is 1.99. The van der Waals surface area contributed by atoms with Gasteiger partial charge in [-0.05, 0) is 25.5 Å². The van der Waals surface area contributed by atoms with Crippen LogP contribution in [0.25, 0.3) is 11.1 Å². The Bertz CT molecular complexity index is 647. The van der Waals surface area contributed by atoms with Crippen LogP contribution in [0.3, 0.4) is 0 Å². The van der Waals surface area contributed by atoms with Crippen molar-refractivity contribution < 1.29 is 4.74 Å². The standard InChI is InChI=1S/C15H13ClN2O/c1-3-19-13-7-5-4-6-11(13)14-10(2)9-18-15(16)12(14)8-17/h4-7,9H,3H2,1-2H3. The highest BCUT2D eigenvalue weighted by molar-refractivity contribution is 6.31. The van der Waals surface area contributed by atoms with E-state index >= 15 is 0 Å². The molecule has 3 nitrogen and oxygen atoms in total. The lowest BCUT2D eigenvalue weighted by Crippen LogP contribution is -1.98. The smallest absolute Gasteiger partial charge is 0.147 e. The Kier molecular flexibility index (Phi) is 4.03. The zero-order valence-corrected chi connectivity index (χ0v) is 11.5. The van der Waals surface area contributed by atoms with Crippen molar-refractivity contribution in [3.63, 3.8) is 0 Å². The third-order valence-corrected chi connectivity index (χ3v) is 3.08. The van der Waals surface area contributed by atoms with Crippen molar-refractivity contribution in [1.29, 1.82) is 5.26 Å². The van der Waals surface area contributed by atoms with Gasteiger partial charge in [-0.3, -0.25) is 0 Å². The van der Waals surface area contributed by atoms with Crippen LogP contribution >= 0.6 is 11.6 Å². The number of benzene rings is 1. The molecule has 1 heterocycles. The van der Waals surface area contributed by atoms with Crippen LogP contribution in [-0.4, -0.2) is 11.6 Å². The quantitative estimate of drug-likeness (QED) is 0.794. The normalized spacial score (nSPS) is 10.0. The molecule has 96 valence electrons. The molecule has 1 aromatic carbocycles. The summed E-state index contributed by atoms with van der Waals surface area (Å²) >= 11 is 6.01. The molecule has 0 aliphatic rings. The summed E-state index contributed by atoms with van der Waals surface area (Å²) in [6, 6.07) is 9.74. The third kappa shape index (κ3) is 2.54. The van der Waals surface area contributed by atoms with Crippen molar-refractivity contribution >= 4 is 11.6 Å². The number of para-hydroxylation sites is 1. The molecule has 0 bridgehead atoms. The first-order chi connectivity index (χ1) is 9.19. The van der Waals surface area contributed by atoms with Crippen LogP contribution in [-0.2, 0) is 0 Å². The van der Waals surface area contributed by atoms with Crippen LogP contribution in [0, 0.1) is 18.3 Å². The van der Waals surface area contributed by atoms with Gasteiger partial charge in [0.05, 0.1) is 12.2 Å². The molecule has 2 rings (SSSR count). The van der Waals surface area contributed by atoms with E-state index in [1.165, 1.54) is 0 Å². The van der Waals surface area contributed by atoms with E-state index in [0.717, 1.165) is 22.4 Å². The molecule has 0 fully saturated rings. The molecule has 0 unspecified atom stereocenters. The van der Waals surface area contributed by atoms with Gasteiger partial charge in [-0.2, -0.15) is 5.26 Å². The molecular formula is C15H13ClN2O. The lowest BCUT2D eigenvalue weighted by Gasteiger charge is -2.13. The number of aryl methyl sites for hydroxylation is 1. The van der Waals surface area contributed by atoms with Gasteiger partial charge >= 0.3 is 0 Å². The summed E-state index contributed by atoms with van der Waals surface area (Å²) in [6.45, 7) is 4.40. The maximum atomic E-state index is 9.29. The predicted molar refractivity (Wildman–Crippen MR) is 75.3 cm³/mol. The van der Waals surface area contributed by atoms with Gasteiger partial charge in [0.2, 0.25) is 0 Å². The van der Waals surface area contributed by atoms with Crippen LogP contribution in [0.2, 0.25) is 5.15 Å². The molecule has 4 heteroatoms. The van der Waals surface area contributed by atoms with E-state index < -0.39 is 0 Å². The largest absolute Gasteiger partial charge is 0.493 e. The number of halogens is 1. The topological polar surface area (TPSA) is 45.9 Å². The first kappa shape index (κ1) is 13.4. The van der Waals surface area contributed by atoms with E-state index in [2.05, 4.69) is 11.1 Å². The van der Waals surface area contributed by atoms with Crippen molar-refractivity contribution in [2.45, 2.75) is 13.8 Å². The van der Waals surface area contributed by atoms with Crippen LogP contribution in [0.1, 0.15) is 18.1 Å². The van der Waals surface area contributed by atoms with Crippen molar-refractivity contribution in [2.75, 3.05) is 6.61 Å². The van der Waals surface area contributed by atoms with Gasteiger partial charge in [0, 0.05) is 17.3 Å². The van der Waals surface area contributed by atoms with Gasteiger partial charge in [-0.15, -0.1) is 0 Å². The Morgan fingerprint density at radius 3 is 2.79 bits per heavy atom. The van der Waals surface area contributed by atoms with E-state index in [-0.39, 0.29) is 5.15 Å². The molecule has 0 radical (unpaired) electrons. The third-order valence-electron chi connectivity index (χ3n) is 2.79. The molecule has 0 N–H and O–H groups in total. The molecule has 19 heavy (non-hydrogen) atoms. The van der Waals surface area contributed by atoms with Crippen molar-refractivity contribution in [3.05, 3.63) is 46.7 Å². The van der Waals surface area contributed by atoms with Gasteiger partial charge < -0.3 is 4.74 Å². The summed E-state index contributed by atoms with van der Waals surface area (Å²) in [5, 5.41) is 9.51. The molecule has 0 spiro atoms. The fraction of sp³-hybridized carbons (Fsp3) is 0.200. The van der Waals surface area contributed by atoms with E-state index in [4.69, 9.17) is 16.3 Å². The highest BCUT2D eigenvalue weighted by Gasteiger charge is 2.16. The van der Waals surface area contributed by atoms with Crippen LogP contribution in [0.4, 0.5) is 0 Å². The molecule has 0 amide bonds. The molecule has 0 aliphatic heterocycles. The number of hydrogen-bond acceptors (Lipinski definition) is 3. The minimum absolute atomic E-state index is 0.217. The second-order valence-corrected chi connectivity index (χ2v) is 4.38. The molecular weight excluding hydrogens is 260 g/mol. The van der Waals surface area contributed by atoms with Crippen molar-refractivity contribution in [1.82, 2.24) is 4.98 Å². The van der Waals surface area contributed by atoms with Crippen LogP contribution in [0.5, 0.6) is 5.75 Å². The first-order valence-corrected chi connectivity index (χ1v) is 6.34. The second kappa shape index (κ2) is 5.73. The van der Waals surface area contributed by atoms with Gasteiger partial charge in [0.1, 0.15) is 17.0 Å². The number of ether oxygens (including phenoxy) is 1. The maximum Gasteiger partial charge on any atom is 0.147 e. The van der Waals surface area contributed by atoms with Gasteiger partial charge in [0.15, 0.2) is 0 Å². The number of nitrogens with zero attached hydrogens (tertiary/aromatic N) is 2. The average molecular weight is 273 g/mol. The summed E-state index contributed by atoms with van der Waals surface area (Å²) < 4.78 is 5.61. The summed E-state index contributed by atoms with van der Waals surface area (Å²) in [6.07, 6.45) is 1.67. The lowest BCUT2D eigenvalue weighted by molar-refractivity contribution is 0.341. The Hall–Kier alpha value is -2.05. The number of nitriles is 1. The number of pyridine rings is 1. The number of rotatable bonds is 3. The Morgan fingerprint density at radius 2 is 2.11 bits per heavy atom. The molecule has 0 aliphatic carbocycles. The summed E-state index contributed by atoms with van der Waals surface area (Å²) in [5.74, 6) is 0.742. The zero-order chi connectivity index (χ0) is 13.8. The molecule has 0 saturated carbocycles. The van der Waals surface area contributed by atoms with E-state index in [9.17, 15) is 5.26 Å². The monoisotopic (exact) mass is 272 g/mol. The molecule has 1 aromatic heterocycles. The van der Waals surface area contributed by atoms with E-state index in [1.54, 1.807) is 6.20 Å². The van der Waals surface area contributed by atoms with Gasteiger partial charge in [-0.1, -0.05) is 29.8 Å².